The highest BCUT2D eigenvalue weighted by molar-refractivity contribution is 6.15. The molecule has 0 bridgehead atoms. The molecule has 0 aliphatic rings. The van der Waals surface area contributed by atoms with Crippen LogP contribution in [0.5, 0.6) is 0 Å². The Labute approximate surface area is 263 Å². The molecule has 0 unspecified atom stereocenters. The lowest BCUT2D eigenvalue weighted by Crippen LogP contribution is -2.07. The van der Waals surface area contributed by atoms with Crippen LogP contribution < -0.4 is 10.7 Å². The van der Waals surface area contributed by atoms with E-state index in [2.05, 4.69) is 26.0 Å². The molecule has 0 N–H and O–H groups in total. The largest absolute Gasteiger partial charge is 0.415 e. The molecule has 0 amide bonds. The van der Waals surface area contributed by atoms with Crippen LogP contribution in [0.15, 0.2) is 82.9 Å². The Bertz CT molecular complexity index is 2790. The average Bonchev–Trinajstić information content (AvgIpc) is 3.53. The predicted molar refractivity (Wildman–Crippen MR) is 169 cm³/mol. The zero-order valence-electron chi connectivity index (χ0n) is 24.1. The molecule has 0 fully saturated rings. The summed E-state index contributed by atoms with van der Waals surface area (Å²) in [6.07, 6.45) is -2.86. The topological polar surface area (TPSA) is 107 Å². The van der Waals surface area contributed by atoms with Crippen LogP contribution in [0.1, 0.15) is 16.7 Å². The fourth-order valence-electron chi connectivity index (χ4n) is 6.08. The van der Waals surface area contributed by atoms with E-state index in [9.17, 15) is 23.7 Å². The van der Waals surface area contributed by atoms with Gasteiger partial charge in [0.15, 0.2) is 11.0 Å². The predicted octanol–water partition coefficient (Wildman–Crippen LogP) is 8.17. The van der Waals surface area contributed by atoms with Gasteiger partial charge in [-0.1, -0.05) is 42.5 Å². The van der Waals surface area contributed by atoms with Gasteiger partial charge in [0, 0.05) is 21.5 Å². The summed E-state index contributed by atoms with van der Waals surface area (Å²) in [6.45, 7) is 16.5. The van der Waals surface area contributed by atoms with E-state index in [1.165, 1.54) is 24.3 Å². The molecule has 1 aromatic heterocycles. The van der Waals surface area contributed by atoms with Crippen molar-refractivity contribution in [2.75, 3.05) is 0 Å². The third kappa shape index (κ3) is 4.51. The monoisotopic (exact) mass is 616 g/mol. The van der Waals surface area contributed by atoms with Gasteiger partial charge in [0.2, 0.25) is 6.19 Å². The van der Waals surface area contributed by atoms with E-state index in [-0.39, 0.29) is 27.7 Å². The molecule has 11 heteroatoms. The van der Waals surface area contributed by atoms with Gasteiger partial charge >= 0.3 is 6.18 Å². The van der Waals surface area contributed by atoms with Crippen LogP contribution in [0.4, 0.5) is 18.9 Å². The normalized spacial score (nSPS) is 12.4. The quantitative estimate of drug-likeness (QED) is 0.111. The summed E-state index contributed by atoms with van der Waals surface area (Å²) in [5.74, 6) is 0. The lowest BCUT2D eigenvalue weighted by molar-refractivity contribution is -0.137. The molecule has 1 heterocycles. The molecule has 0 aliphatic heterocycles. The van der Waals surface area contributed by atoms with Crippen LogP contribution in [-0.2, 0) is 6.18 Å². The van der Waals surface area contributed by atoms with Crippen LogP contribution in [-0.4, -0.2) is 9.97 Å². The number of alkyl halides is 3. The van der Waals surface area contributed by atoms with Crippen LogP contribution in [0.3, 0.4) is 0 Å². The van der Waals surface area contributed by atoms with Gasteiger partial charge in [0.05, 0.1) is 39.9 Å². The maximum Gasteiger partial charge on any atom is 0.415 e. The third-order valence-corrected chi connectivity index (χ3v) is 8.13. The Morgan fingerprint density at radius 1 is 0.723 bits per heavy atom. The molecule has 0 aliphatic carbocycles. The van der Waals surface area contributed by atoms with E-state index >= 15 is 0 Å². The Kier molecular flexibility index (Phi) is 6.49. The molecule has 0 radical (unpaired) electrons. The first-order valence-corrected chi connectivity index (χ1v) is 13.9. The summed E-state index contributed by atoms with van der Waals surface area (Å²) in [4.78, 5) is 20.2. The van der Waals surface area contributed by atoms with Crippen LogP contribution in [0.2, 0.25) is 0 Å². The van der Waals surface area contributed by atoms with Crippen LogP contribution >= 0.6 is 0 Å². The van der Waals surface area contributed by atoms with E-state index in [0.717, 1.165) is 22.8 Å². The zero-order chi connectivity index (χ0) is 33.0. The first-order chi connectivity index (χ1) is 22.7. The first-order valence-electron chi connectivity index (χ1n) is 13.9. The molecule has 7 aromatic rings. The van der Waals surface area contributed by atoms with Crippen molar-refractivity contribution in [3.8, 4) is 34.5 Å². The van der Waals surface area contributed by atoms with Crippen molar-refractivity contribution in [3.05, 3.63) is 123 Å². The SMILES string of the molecule is [C-]#[N+]/N=c1\c2cc(-c3ccc([N+]#[C-])cc3C(F)(F)F)ccc2c2nc3c(=NC#N)c4cc(-c5ccc(C#N)cc5C)ccc4c3nc12. The summed E-state index contributed by atoms with van der Waals surface area (Å²) < 4.78 is 42.1. The molecule has 7 rings (SSSR count). The molecule has 8 nitrogen and oxygen atoms in total. The molecular formula is C36H15F3N8. The number of rotatable bonds is 2. The van der Waals surface area contributed by atoms with Crippen LogP contribution in [0, 0.1) is 42.9 Å². The van der Waals surface area contributed by atoms with Gasteiger partial charge < -0.3 is 0 Å². The van der Waals surface area contributed by atoms with Crippen molar-refractivity contribution in [3.63, 3.8) is 0 Å². The first kappa shape index (κ1) is 28.8. The highest BCUT2D eigenvalue weighted by atomic mass is 19.4. The molecule has 0 atom stereocenters. The number of benzene rings is 4. The second-order valence-corrected chi connectivity index (χ2v) is 10.7. The van der Waals surface area contributed by atoms with Gasteiger partial charge in [0.25, 0.3) is 0 Å². The number of nitriles is 2. The number of hydrogen-bond acceptors (Lipinski definition) is 6. The van der Waals surface area contributed by atoms with Gasteiger partial charge in [0.1, 0.15) is 16.4 Å². The van der Waals surface area contributed by atoms with Crippen molar-refractivity contribution < 1.29 is 13.2 Å². The highest BCUT2D eigenvalue weighted by Crippen LogP contribution is 2.40. The van der Waals surface area contributed by atoms with Crippen molar-refractivity contribution in [1.29, 1.82) is 10.5 Å². The molecule has 6 aromatic carbocycles. The summed E-state index contributed by atoms with van der Waals surface area (Å²) in [5.41, 5.74) is 3.59. The van der Waals surface area contributed by atoms with E-state index in [0.29, 0.717) is 49.0 Å². The smallest absolute Gasteiger partial charge is 0.241 e. The van der Waals surface area contributed by atoms with E-state index < -0.39 is 11.7 Å². The summed E-state index contributed by atoms with van der Waals surface area (Å²) in [6, 6.07) is 21.2. The molecule has 0 spiro atoms. The number of aryl methyl sites for hydroxylation is 1. The third-order valence-electron chi connectivity index (χ3n) is 8.13. The average molecular weight is 617 g/mol. The van der Waals surface area contributed by atoms with Crippen LogP contribution in [0.25, 0.3) is 75.7 Å². The number of hydrogen-bond donors (Lipinski definition) is 0. The Balaban J connectivity index is 1.51. The Morgan fingerprint density at radius 2 is 1.34 bits per heavy atom. The van der Waals surface area contributed by atoms with E-state index in [1.807, 2.05) is 37.4 Å². The zero-order valence-corrected chi connectivity index (χ0v) is 24.1. The van der Waals surface area contributed by atoms with Gasteiger partial charge in [-0.05, 0) is 65.1 Å². The van der Waals surface area contributed by atoms with Gasteiger partial charge in [-0.2, -0.15) is 35.3 Å². The number of aromatic nitrogens is 2. The van der Waals surface area contributed by atoms with Crippen molar-refractivity contribution in [2.24, 2.45) is 10.1 Å². The van der Waals surface area contributed by atoms with Gasteiger partial charge in [-0.3, -0.25) is 0 Å². The second-order valence-electron chi connectivity index (χ2n) is 10.7. The minimum absolute atomic E-state index is 0.125. The van der Waals surface area contributed by atoms with Crippen molar-refractivity contribution in [1.82, 2.24) is 9.97 Å². The fourth-order valence-corrected chi connectivity index (χ4v) is 6.08. The molecule has 220 valence electrons. The number of fused-ring (bicyclic) bond motifs is 6. The lowest BCUT2D eigenvalue weighted by atomic mass is 9.97. The lowest BCUT2D eigenvalue weighted by Gasteiger charge is -2.14. The van der Waals surface area contributed by atoms with Gasteiger partial charge in [-0.25, -0.2) is 14.8 Å². The molecule has 0 saturated heterocycles. The molecule has 0 saturated carbocycles. The standard InChI is InChI=1S/C36H15F3N8/c1-18-12-19(16-40)4-8-23(18)20-5-9-25-27(13-20)30(44-17-41)34-31(25)46-35-32(45-34)26-10-6-21(14-28(26)33(35)47-43-3)24-11-7-22(42-2)15-29(24)36(37,38)39/h4-15H,1H3/b44-30?,47-33+. The summed E-state index contributed by atoms with van der Waals surface area (Å²) in [7, 11) is 0. The fraction of sp³-hybridized carbons (Fsp3) is 0.0556. The molecular weight excluding hydrogens is 601 g/mol. The highest BCUT2D eigenvalue weighted by Gasteiger charge is 2.34. The maximum absolute atomic E-state index is 14.0. The summed E-state index contributed by atoms with van der Waals surface area (Å²) in [5, 5.41) is 25.5. The number of halogens is 3. The minimum atomic E-state index is -4.71. The van der Waals surface area contributed by atoms with Crippen molar-refractivity contribution >= 4 is 49.3 Å². The maximum atomic E-state index is 14.0. The summed E-state index contributed by atoms with van der Waals surface area (Å²) >= 11 is 0. The Hall–Kier alpha value is -6.95. The molecule has 47 heavy (non-hydrogen) atoms. The Morgan fingerprint density at radius 3 is 1.91 bits per heavy atom. The van der Waals surface area contributed by atoms with Gasteiger partial charge in [-0.15, -0.1) is 4.95 Å². The van der Waals surface area contributed by atoms with E-state index in [1.54, 1.807) is 18.2 Å². The number of nitrogens with zero attached hydrogens (tertiary/aromatic N) is 8. The van der Waals surface area contributed by atoms with E-state index in [4.69, 9.17) is 23.1 Å². The second kappa shape index (κ2) is 10.6. The minimum Gasteiger partial charge on any atom is -0.241 e. The van der Waals surface area contributed by atoms with Crippen molar-refractivity contribution in [2.45, 2.75) is 13.1 Å².